The molecule has 3 rings (SSSR count). The van der Waals surface area contributed by atoms with E-state index in [-0.39, 0.29) is 18.1 Å². The summed E-state index contributed by atoms with van der Waals surface area (Å²) in [5.74, 6) is 1.09. The maximum atomic E-state index is 12.7. The maximum Gasteiger partial charge on any atom is 0.244 e. The highest BCUT2D eigenvalue weighted by Gasteiger charge is 2.33. The zero-order valence-electron chi connectivity index (χ0n) is 11.7. The lowest BCUT2D eigenvalue weighted by Crippen LogP contribution is -2.48. The van der Waals surface area contributed by atoms with E-state index in [1.165, 1.54) is 4.90 Å². The number of aliphatic hydroxyl groups excluding tert-OH is 1. The predicted octanol–water partition coefficient (Wildman–Crippen LogP) is 1.58. The Balaban J connectivity index is 1.78. The third-order valence-electron chi connectivity index (χ3n) is 4.09. The van der Waals surface area contributed by atoms with Crippen molar-refractivity contribution < 1.29 is 9.90 Å². The van der Waals surface area contributed by atoms with Gasteiger partial charge in [-0.05, 0) is 25.5 Å². The first-order chi connectivity index (χ1) is 9.66. The van der Waals surface area contributed by atoms with Crippen LogP contribution in [0.5, 0.6) is 0 Å². The average molecular weight is 292 g/mol. The molecule has 1 amide bonds. The van der Waals surface area contributed by atoms with Gasteiger partial charge < -0.3 is 10.0 Å². The standard InChI is InChI=1S/C15H20N2O2S/c1-11(16-7-6-12(18)10-16)15(19)17-8-9-20-14-5-3-2-4-13(14)17/h2-5,11-12,18H,6-10H2,1H3/t11?,12-/m0/s1. The van der Waals surface area contributed by atoms with Gasteiger partial charge in [0.15, 0.2) is 0 Å². The normalized spacial score (nSPS) is 24.5. The number of amides is 1. The number of likely N-dealkylation sites (tertiary alicyclic amines) is 1. The maximum absolute atomic E-state index is 12.7. The number of aliphatic hydroxyl groups is 1. The summed E-state index contributed by atoms with van der Waals surface area (Å²) in [6.45, 7) is 4.13. The number of rotatable bonds is 2. The zero-order chi connectivity index (χ0) is 14.1. The number of hydrogen-bond acceptors (Lipinski definition) is 4. The van der Waals surface area contributed by atoms with E-state index in [1.54, 1.807) is 11.8 Å². The molecule has 0 radical (unpaired) electrons. The molecule has 1 unspecified atom stereocenters. The summed E-state index contributed by atoms with van der Waals surface area (Å²) in [7, 11) is 0. The number of carbonyl (C=O) groups is 1. The number of β-amino-alcohol motifs (C(OH)–C–C–N with tert-alkyl or cyclic N) is 1. The van der Waals surface area contributed by atoms with Crippen LogP contribution in [0.2, 0.25) is 0 Å². The molecule has 2 atom stereocenters. The van der Waals surface area contributed by atoms with E-state index >= 15 is 0 Å². The fourth-order valence-electron chi connectivity index (χ4n) is 2.90. The second-order valence-electron chi connectivity index (χ2n) is 5.42. The van der Waals surface area contributed by atoms with Crippen LogP contribution >= 0.6 is 11.8 Å². The van der Waals surface area contributed by atoms with Gasteiger partial charge in [-0.25, -0.2) is 0 Å². The molecule has 1 aromatic rings. The molecule has 20 heavy (non-hydrogen) atoms. The van der Waals surface area contributed by atoms with Crippen LogP contribution in [0.15, 0.2) is 29.2 Å². The van der Waals surface area contributed by atoms with Crippen molar-refractivity contribution in [2.45, 2.75) is 30.4 Å². The second-order valence-corrected chi connectivity index (χ2v) is 6.56. The number of benzene rings is 1. The summed E-state index contributed by atoms with van der Waals surface area (Å²) in [6.07, 6.45) is 0.485. The van der Waals surface area contributed by atoms with Gasteiger partial charge in [-0.15, -0.1) is 11.8 Å². The first-order valence-electron chi connectivity index (χ1n) is 7.12. The van der Waals surface area contributed by atoms with Gasteiger partial charge in [0, 0.05) is 30.3 Å². The third-order valence-corrected chi connectivity index (χ3v) is 5.14. The van der Waals surface area contributed by atoms with Crippen molar-refractivity contribution in [3.63, 3.8) is 0 Å². The molecular formula is C15H20N2O2S. The fourth-order valence-corrected chi connectivity index (χ4v) is 3.89. The average Bonchev–Trinajstić information content (AvgIpc) is 2.91. The molecule has 108 valence electrons. The van der Waals surface area contributed by atoms with Crippen molar-refractivity contribution in [1.82, 2.24) is 4.90 Å². The second kappa shape index (κ2) is 5.76. The lowest BCUT2D eigenvalue weighted by atomic mass is 10.2. The van der Waals surface area contributed by atoms with Crippen molar-refractivity contribution in [2.75, 3.05) is 30.3 Å². The molecule has 0 bridgehead atoms. The summed E-state index contributed by atoms with van der Waals surface area (Å²) in [5.41, 5.74) is 1.03. The molecule has 0 aliphatic carbocycles. The monoisotopic (exact) mass is 292 g/mol. The molecule has 1 saturated heterocycles. The summed E-state index contributed by atoms with van der Waals surface area (Å²) in [5, 5.41) is 9.63. The number of thioether (sulfide) groups is 1. The lowest BCUT2D eigenvalue weighted by Gasteiger charge is -2.33. The third kappa shape index (κ3) is 2.57. The van der Waals surface area contributed by atoms with Crippen LogP contribution in [-0.2, 0) is 4.79 Å². The van der Waals surface area contributed by atoms with Gasteiger partial charge in [0.2, 0.25) is 5.91 Å². The Morgan fingerprint density at radius 3 is 2.95 bits per heavy atom. The first kappa shape index (κ1) is 13.9. The minimum Gasteiger partial charge on any atom is -0.392 e. The summed E-state index contributed by atoms with van der Waals surface area (Å²) < 4.78 is 0. The van der Waals surface area contributed by atoms with Crippen LogP contribution < -0.4 is 4.90 Å². The Morgan fingerprint density at radius 2 is 2.20 bits per heavy atom. The summed E-state index contributed by atoms with van der Waals surface area (Å²) in [4.78, 5) is 17.9. The smallest absolute Gasteiger partial charge is 0.244 e. The topological polar surface area (TPSA) is 43.8 Å². The van der Waals surface area contributed by atoms with E-state index in [4.69, 9.17) is 0 Å². The quantitative estimate of drug-likeness (QED) is 0.899. The van der Waals surface area contributed by atoms with Gasteiger partial charge in [0.1, 0.15) is 0 Å². The highest BCUT2D eigenvalue weighted by Crippen LogP contribution is 2.35. The molecule has 2 aliphatic heterocycles. The van der Waals surface area contributed by atoms with E-state index in [0.29, 0.717) is 6.54 Å². The van der Waals surface area contributed by atoms with Crippen LogP contribution in [0.1, 0.15) is 13.3 Å². The predicted molar refractivity (Wildman–Crippen MR) is 81.2 cm³/mol. The first-order valence-corrected chi connectivity index (χ1v) is 8.10. The van der Waals surface area contributed by atoms with Crippen molar-refractivity contribution in [2.24, 2.45) is 0 Å². The van der Waals surface area contributed by atoms with Crippen LogP contribution in [0, 0.1) is 0 Å². The molecule has 0 spiro atoms. The molecule has 0 aromatic heterocycles. The van der Waals surface area contributed by atoms with Gasteiger partial charge in [-0.1, -0.05) is 12.1 Å². The molecule has 2 heterocycles. The Kier molecular flexibility index (Phi) is 4.01. The SMILES string of the molecule is CC(C(=O)N1CCSc2ccccc21)N1CC[C@H](O)C1. The van der Waals surface area contributed by atoms with Crippen LogP contribution in [0.3, 0.4) is 0 Å². The zero-order valence-corrected chi connectivity index (χ0v) is 12.5. The van der Waals surface area contributed by atoms with Crippen molar-refractivity contribution in [3.05, 3.63) is 24.3 Å². The van der Waals surface area contributed by atoms with E-state index in [9.17, 15) is 9.90 Å². The Labute approximate surface area is 123 Å². The number of carbonyl (C=O) groups excluding carboxylic acids is 1. The van der Waals surface area contributed by atoms with Crippen molar-refractivity contribution >= 4 is 23.4 Å². The molecule has 1 fully saturated rings. The Morgan fingerprint density at radius 1 is 1.40 bits per heavy atom. The number of para-hydroxylation sites is 1. The molecule has 1 N–H and O–H groups in total. The molecule has 4 nitrogen and oxygen atoms in total. The van der Waals surface area contributed by atoms with E-state index in [1.807, 2.05) is 30.0 Å². The van der Waals surface area contributed by atoms with Crippen LogP contribution in [0.4, 0.5) is 5.69 Å². The number of anilines is 1. The minimum atomic E-state index is -0.283. The lowest BCUT2D eigenvalue weighted by molar-refractivity contribution is -0.123. The van der Waals surface area contributed by atoms with Gasteiger partial charge in [0.05, 0.1) is 17.8 Å². The largest absolute Gasteiger partial charge is 0.392 e. The number of fused-ring (bicyclic) bond motifs is 1. The molecule has 2 aliphatic rings. The Bertz CT molecular complexity index is 508. The van der Waals surface area contributed by atoms with Crippen molar-refractivity contribution in [3.8, 4) is 0 Å². The Hall–Kier alpha value is -1.04. The van der Waals surface area contributed by atoms with Gasteiger partial charge in [-0.2, -0.15) is 0 Å². The fraction of sp³-hybridized carbons (Fsp3) is 0.533. The molecular weight excluding hydrogens is 272 g/mol. The van der Waals surface area contributed by atoms with Crippen LogP contribution in [0.25, 0.3) is 0 Å². The van der Waals surface area contributed by atoms with E-state index < -0.39 is 0 Å². The molecule has 5 heteroatoms. The van der Waals surface area contributed by atoms with Gasteiger partial charge in [0.25, 0.3) is 0 Å². The van der Waals surface area contributed by atoms with E-state index in [2.05, 4.69) is 11.0 Å². The summed E-state index contributed by atoms with van der Waals surface area (Å²) in [6, 6.07) is 7.92. The van der Waals surface area contributed by atoms with Gasteiger partial charge >= 0.3 is 0 Å². The summed E-state index contributed by atoms with van der Waals surface area (Å²) >= 11 is 1.81. The van der Waals surface area contributed by atoms with Gasteiger partial charge in [-0.3, -0.25) is 9.69 Å². The number of nitrogens with zero attached hydrogens (tertiary/aromatic N) is 2. The molecule has 1 aromatic carbocycles. The van der Waals surface area contributed by atoms with E-state index in [0.717, 1.165) is 31.0 Å². The van der Waals surface area contributed by atoms with Crippen LogP contribution in [-0.4, -0.2) is 53.4 Å². The highest BCUT2D eigenvalue weighted by molar-refractivity contribution is 7.99. The minimum absolute atomic E-state index is 0.145. The highest BCUT2D eigenvalue weighted by atomic mass is 32.2. The number of hydrogen-bond donors (Lipinski definition) is 1. The van der Waals surface area contributed by atoms with Crippen molar-refractivity contribution in [1.29, 1.82) is 0 Å². The molecule has 0 saturated carbocycles.